The Balaban J connectivity index is 2.14. The van der Waals surface area contributed by atoms with E-state index < -0.39 is 34.7 Å². The Bertz CT molecular complexity index is 992. The van der Waals surface area contributed by atoms with Crippen molar-refractivity contribution < 1.29 is 27.1 Å². The summed E-state index contributed by atoms with van der Waals surface area (Å²) in [5.41, 5.74) is -2.80. The van der Waals surface area contributed by atoms with Crippen LogP contribution in [0.2, 0.25) is 0 Å². The predicted molar refractivity (Wildman–Crippen MR) is 81.5 cm³/mol. The number of carbonyl (C=O) groups excluding carboxylic acids is 1. The van der Waals surface area contributed by atoms with E-state index in [0.717, 1.165) is 17.0 Å². The van der Waals surface area contributed by atoms with Crippen LogP contribution in [0.3, 0.4) is 0 Å². The first-order valence-electron chi connectivity index (χ1n) is 7.09. The number of ether oxygens (including phenoxy) is 1. The maximum absolute atomic E-state index is 14.3. The van der Waals surface area contributed by atoms with Gasteiger partial charge in [-0.1, -0.05) is 5.92 Å². The van der Waals surface area contributed by atoms with E-state index >= 15 is 0 Å². The molecule has 0 unspecified atom stereocenters. The third-order valence-corrected chi connectivity index (χ3v) is 3.58. The van der Waals surface area contributed by atoms with Gasteiger partial charge < -0.3 is 4.74 Å². The van der Waals surface area contributed by atoms with Crippen LogP contribution in [0.25, 0.3) is 5.69 Å². The summed E-state index contributed by atoms with van der Waals surface area (Å²) in [6, 6.07) is 2.28. The Morgan fingerprint density at radius 3 is 2.58 bits per heavy atom. The van der Waals surface area contributed by atoms with E-state index in [1.54, 1.807) is 0 Å². The second kappa shape index (κ2) is 6.18. The number of nitrogens with zero attached hydrogens (tertiary/aromatic N) is 3. The highest BCUT2D eigenvalue weighted by Gasteiger charge is 2.32. The van der Waals surface area contributed by atoms with E-state index in [1.165, 1.54) is 0 Å². The van der Waals surface area contributed by atoms with E-state index in [0.29, 0.717) is 16.9 Å². The van der Waals surface area contributed by atoms with Crippen LogP contribution in [0.15, 0.2) is 29.2 Å². The predicted octanol–water partition coefficient (Wildman–Crippen LogP) is 1.75. The summed E-state index contributed by atoms with van der Waals surface area (Å²) >= 11 is 0. The number of carbonyl (C=O) groups is 1. The van der Waals surface area contributed by atoms with Crippen LogP contribution in [0, 0.1) is 18.2 Å². The van der Waals surface area contributed by atoms with Gasteiger partial charge in [0.05, 0.1) is 24.0 Å². The highest BCUT2D eigenvalue weighted by Crippen LogP contribution is 2.35. The zero-order valence-corrected chi connectivity index (χ0v) is 12.9. The number of amides is 1. The van der Waals surface area contributed by atoms with Gasteiger partial charge in [-0.05, 0) is 6.07 Å². The van der Waals surface area contributed by atoms with Crippen molar-refractivity contribution in [3.63, 3.8) is 0 Å². The number of hydrogen-bond acceptors (Lipinski definition) is 4. The summed E-state index contributed by atoms with van der Waals surface area (Å²) in [6.07, 6.45) is 0.850. The van der Waals surface area contributed by atoms with Gasteiger partial charge in [-0.25, -0.2) is 4.39 Å². The summed E-state index contributed by atoms with van der Waals surface area (Å²) in [7, 11) is 0. The van der Waals surface area contributed by atoms with E-state index in [4.69, 9.17) is 11.2 Å². The van der Waals surface area contributed by atoms with E-state index in [1.807, 2.05) is 0 Å². The molecule has 0 saturated heterocycles. The third kappa shape index (κ3) is 2.99. The molecule has 3 rings (SSSR count). The molecule has 0 N–H and O–H groups in total. The van der Waals surface area contributed by atoms with Crippen LogP contribution >= 0.6 is 0 Å². The second-order valence-electron chi connectivity index (χ2n) is 5.24. The molecule has 0 radical (unpaired) electrons. The molecule has 10 heteroatoms. The zero-order chi connectivity index (χ0) is 19.1. The highest BCUT2D eigenvalue weighted by atomic mass is 19.4. The Labute approximate surface area is 143 Å². The number of benzene rings is 1. The molecule has 0 spiro atoms. The average Bonchev–Trinajstić information content (AvgIpc) is 2.57. The Morgan fingerprint density at radius 2 is 1.96 bits per heavy atom. The second-order valence-corrected chi connectivity index (χ2v) is 5.24. The van der Waals surface area contributed by atoms with E-state index in [-0.39, 0.29) is 24.6 Å². The summed E-state index contributed by atoms with van der Waals surface area (Å²) in [5, 5.41) is 3.37. The van der Waals surface area contributed by atoms with Crippen molar-refractivity contribution in [2.24, 2.45) is 0 Å². The first kappa shape index (κ1) is 17.5. The number of terminal acetylenes is 1. The number of rotatable bonds is 2. The molecule has 1 aliphatic heterocycles. The number of alkyl halides is 3. The molecule has 1 aromatic carbocycles. The van der Waals surface area contributed by atoms with Gasteiger partial charge in [0.15, 0.2) is 12.4 Å². The van der Waals surface area contributed by atoms with Crippen LogP contribution in [-0.2, 0) is 11.0 Å². The van der Waals surface area contributed by atoms with Crippen molar-refractivity contribution in [3.05, 3.63) is 46.1 Å². The number of halogens is 4. The molecular formula is C16H9F4N3O3. The van der Waals surface area contributed by atoms with Crippen molar-refractivity contribution >= 4 is 11.6 Å². The molecule has 6 nitrogen and oxygen atoms in total. The van der Waals surface area contributed by atoms with Gasteiger partial charge in [0.2, 0.25) is 0 Å². The van der Waals surface area contributed by atoms with Gasteiger partial charge in [-0.3, -0.25) is 14.5 Å². The van der Waals surface area contributed by atoms with Gasteiger partial charge in [-0.2, -0.15) is 23.0 Å². The SMILES string of the molecule is C#CCN1C(=O)COc2cc(F)c(-n3ncc(C(F)(F)F)cc3=O)cc21. The molecule has 0 bridgehead atoms. The summed E-state index contributed by atoms with van der Waals surface area (Å²) in [6.45, 7) is -0.471. The molecule has 0 aliphatic carbocycles. The lowest BCUT2D eigenvalue weighted by atomic mass is 10.2. The topological polar surface area (TPSA) is 64.4 Å². The summed E-state index contributed by atoms with van der Waals surface area (Å²) in [5.74, 6) is 0.829. The molecule has 2 heterocycles. The maximum Gasteiger partial charge on any atom is 0.418 e. The smallest absolute Gasteiger partial charge is 0.418 e. The first-order valence-corrected chi connectivity index (χ1v) is 7.09. The number of fused-ring (bicyclic) bond motifs is 1. The fourth-order valence-electron chi connectivity index (χ4n) is 2.38. The number of anilines is 1. The summed E-state index contributed by atoms with van der Waals surface area (Å²) < 4.78 is 57.9. The molecule has 1 amide bonds. The number of hydrogen-bond donors (Lipinski definition) is 0. The van der Waals surface area contributed by atoms with E-state index in [9.17, 15) is 27.2 Å². The minimum Gasteiger partial charge on any atom is -0.481 e. The normalized spacial score (nSPS) is 13.8. The van der Waals surface area contributed by atoms with Gasteiger partial charge in [-0.15, -0.1) is 6.42 Å². The van der Waals surface area contributed by atoms with Gasteiger partial charge >= 0.3 is 6.18 Å². The molecular weight excluding hydrogens is 358 g/mol. The molecule has 0 saturated carbocycles. The number of aromatic nitrogens is 2. The van der Waals surface area contributed by atoms with Gasteiger partial charge in [0, 0.05) is 12.1 Å². The first-order chi connectivity index (χ1) is 12.2. The fourth-order valence-corrected chi connectivity index (χ4v) is 2.38. The lowest BCUT2D eigenvalue weighted by Crippen LogP contribution is -2.39. The van der Waals surface area contributed by atoms with E-state index in [2.05, 4.69) is 11.0 Å². The summed E-state index contributed by atoms with van der Waals surface area (Å²) in [4.78, 5) is 25.0. The molecule has 134 valence electrons. The monoisotopic (exact) mass is 367 g/mol. The average molecular weight is 367 g/mol. The Kier molecular flexibility index (Phi) is 4.15. The van der Waals surface area contributed by atoms with Crippen molar-refractivity contribution in [1.29, 1.82) is 0 Å². The molecule has 1 aromatic heterocycles. The lowest BCUT2D eigenvalue weighted by Gasteiger charge is -2.28. The zero-order valence-electron chi connectivity index (χ0n) is 12.9. The van der Waals surface area contributed by atoms with Crippen LogP contribution in [0.4, 0.5) is 23.2 Å². The molecule has 26 heavy (non-hydrogen) atoms. The molecule has 1 aliphatic rings. The van der Waals surface area contributed by atoms with Crippen LogP contribution in [-0.4, -0.2) is 28.8 Å². The van der Waals surface area contributed by atoms with Gasteiger partial charge in [0.1, 0.15) is 11.4 Å². The van der Waals surface area contributed by atoms with Crippen molar-refractivity contribution in [2.75, 3.05) is 18.1 Å². The van der Waals surface area contributed by atoms with Crippen LogP contribution in [0.5, 0.6) is 5.75 Å². The standard InChI is InChI=1S/C16H9F4N3O3/c1-2-3-22-12-6-11(10(17)5-13(12)26-8-15(22)25)23-14(24)4-9(7-21-23)16(18,19)20/h1,4-7H,3,8H2. The van der Waals surface area contributed by atoms with Gasteiger partial charge in [0.25, 0.3) is 11.5 Å². The fraction of sp³-hybridized carbons (Fsp3) is 0.188. The minimum atomic E-state index is -4.76. The van der Waals surface area contributed by atoms with Crippen LogP contribution < -0.4 is 15.2 Å². The Morgan fingerprint density at radius 1 is 1.23 bits per heavy atom. The lowest BCUT2D eigenvalue weighted by molar-refractivity contribution is -0.138. The quantitative estimate of drug-likeness (QED) is 0.599. The van der Waals surface area contributed by atoms with Crippen molar-refractivity contribution in [2.45, 2.75) is 6.18 Å². The largest absolute Gasteiger partial charge is 0.481 e. The highest BCUT2D eigenvalue weighted by molar-refractivity contribution is 5.98. The Hall–Kier alpha value is -3.35. The molecule has 0 atom stereocenters. The minimum absolute atomic E-state index is 0.0149. The third-order valence-electron chi connectivity index (χ3n) is 3.58. The van der Waals surface area contributed by atoms with Crippen LogP contribution in [0.1, 0.15) is 5.56 Å². The molecule has 2 aromatic rings. The molecule has 0 fully saturated rings. The maximum atomic E-state index is 14.3. The van der Waals surface area contributed by atoms with Crippen molar-refractivity contribution in [1.82, 2.24) is 9.78 Å². The van der Waals surface area contributed by atoms with Crippen molar-refractivity contribution in [3.8, 4) is 23.8 Å².